The fourth-order valence-corrected chi connectivity index (χ4v) is 2.49. The molecule has 1 aromatic heterocycles. The van der Waals surface area contributed by atoms with Crippen LogP contribution in [-0.4, -0.2) is 22.5 Å². The third-order valence-corrected chi connectivity index (χ3v) is 3.72. The zero-order chi connectivity index (χ0) is 16.2. The number of nitrogens with one attached hydrogen (secondary N) is 2. The standard InChI is InChI=1S/C18H17FN2O2/c19-14-6-7-15-13(10-14)11-16(21-15)18(23)20-9-8-17(22)12-4-2-1-3-5-12/h1-7,10-11,17,21-22H,8-9H2,(H,20,23). The van der Waals surface area contributed by atoms with E-state index in [4.69, 9.17) is 0 Å². The molecule has 0 aliphatic heterocycles. The highest BCUT2D eigenvalue weighted by molar-refractivity contribution is 5.97. The molecule has 0 saturated carbocycles. The number of fused-ring (bicyclic) bond motifs is 1. The van der Waals surface area contributed by atoms with E-state index in [1.807, 2.05) is 30.3 Å². The topological polar surface area (TPSA) is 65.1 Å². The van der Waals surface area contributed by atoms with Crippen molar-refractivity contribution in [1.82, 2.24) is 10.3 Å². The Labute approximate surface area is 133 Å². The fraction of sp³-hybridized carbons (Fsp3) is 0.167. The van der Waals surface area contributed by atoms with Gasteiger partial charge in [-0.05, 0) is 36.2 Å². The Bertz CT molecular complexity index is 814. The third-order valence-electron chi connectivity index (χ3n) is 3.72. The van der Waals surface area contributed by atoms with E-state index >= 15 is 0 Å². The smallest absolute Gasteiger partial charge is 0.267 e. The summed E-state index contributed by atoms with van der Waals surface area (Å²) in [6.45, 7) is 0.346. The van der Waals surface area contributed by atoms with Crippen molar-refractivity contribution in [2.75, 3.05) is 6.54 Å². The van der Waals surface area contributed by atoms with E-state index < -0.39 is 6.10 Å². The number of carbonyl (C=O) groups is 1. The Morgan fingerprint density at radius 1 is 1.17 bits per heavy atom. The van der Waals surface area contributed by atoms with Gasteiger partial charge in [0.25, 0.3) is 5.91 Å². The monoisotopic (exact) mass is 312 g/mol. The van der Waals surface area contributed by atoms with Gasteiger partial charge in [0, 0.05) is 17.4 Å². The van der Waals surface area contributed by atoms with Crippen molar-refractivity contribution in [2.24, 2.45) is 0 Å². The van der Waals surface area contributed by atoms with Crippen molar-refractivity contribution < 1.29 is 14.3 Å². The normalized spacial score (nSPS) is 12.3. The number of aliphatic hydroxyl groups excluding tert-OH is 1. The summed E-state index contributed by atoms with van der Waals surface area (Å²) in [6.07, 6.45) is -0.196. The number of benzene rings is 2. The first-order chi connectivity index (χ1) is 11.1. The second-order valence-corrected chi connectivity index (χ2v) is 5.39. The number of aromatic nitrogens is 1. The highest BCUT2D eigenvalue weighted by Crippen LogP contribution is 2.17. The summed E-state index contributed by atoms with van der Waals surface area (Å²) in [4.78, 5) is 15.1. The lowest BCUT2D eigenvalue weighted by molar-refractivity contribution is 0.0938. The summed E-state index contributed by atoms with van der Waals surface area (Å²) >= 11 is 0. The van der Waals surface area contributed by atoms with Gasteiger partial charge in [0.05, 0.1) is 6.10 Å². The SMILES string of the molecule is O=C(NCCC(O)c1ccccc1)c1cc2cc(F)ccc2[nH]1. The van der Waals surface area contributed by atoms with Crippen molar-refractivity contribution in [2.45, 2.75) is 12.5 Å². The largest absolute Gasteiger partial charge is 0.388 e. The van der Waals surface area contributed by atoms with E-state index in [2.05, 4.69) is 10.3 Å². The van der Waals surface area contributed by atoms with Crippen LogP contribution in [0.15, 0.2) is 54.6 Å². The number of aromatic amines is 1. The Kier molecular flexibility index (Phi) is 4.39. The molecule has 3 N–H and O–H groups in total. The van der Waals surface area contributed by atoms with Crippen LogP contribution in [0.25, 0.3) is 10.9 Å². The molecule has 3 rings (SSSR count). The Morgan fingerprint density at radius 3 is 2.74 bits per heavy atom. The number of hydrogen-bond donors (Lipinski definition) is 3. The molecule has 2 aromatic carbocycles. The van der Waals surface area contributed by atoms with Crippen LogP contribution < -0.4 is 5.32 Å². The second kappa shape index (κ2) is 6.62. The first kappa shape index (κ1) is 15.2. The van der Waals surface area contributed by atoms with Gasteiger partial charge in [0.1, 0.15) is 11.5 Å². The maximum atomic E-state index is 13.2. The van der Waals surface area contributed by atoms with E-state index in [0.717, 1.165) is 5.56 Å². The molecule has 5 heteroatoms. The number of aliphatic hydroxyl groups is 1. The predicted octanol–water partition coefficient (Wildman–Crippen LogP) is 3.16. The number of carbonyl (C=O) groups excluding carboxylic acids is 1. The molecule has 0 fully saturated rings. The van der Waals surface area contributed by atoms with Gasteiger partial charge in [-0.25, -0.2) is 4.39 Å². The minimum absolute atomic E-state index is 0.276. The fourth-order valence-electron chi connectivity index (χ4n) is 2.49. The zero-order valence-corrected chi connectivity index (χ0v) is 12.4. The van der Waals surface area contributed by atoms with Crippen LogP contribution in [0.4, 0.5) is 4.39 Å². The molecule has 118 valence electrons. The summed E-state index contributed by atoms with van der Waals surface area (Å²) in [5.41, 5.74) is 1.91. The first-order valence-corrected chi connectivity index (χ1v) is 7.43. The maximum Gasteiger partial charge on any atom is 0.267 e. The van der Waals surface area contributed by atoms with Gasteiger partial charge < -0.3 is 15.4 Å². The maximum absolute atomic E-state index is 13.2. The average molecular weight is 312 g/mol. The molecule has 0 saturated heterocycles. The number of H-pyrrole nitrogens is 1. The lowest BCUT2D eigenvalue weighted by atomic mass is 10.1. The van der Waals surface area contributed by atoms with E-state index in [1.165, 1.54) is 12.1 Å². The summed E-state index contributed by atoms with van der Waals surface area (Å²) < 4.78 is 13.2. The molecule has 23 heavy (non-hydrogen) atoms. The van der Waals surface area contributed by atoms with Gasteiger partial charge in [-0.2, -0.15) is 0 Å². The van der Waals surface area contributed by atoms with Crippen molar-refractivity contribution in [3.63, 3.8) is 0 Å². The van der Waals surface area contributed by atoms with E-state index in [0.29, 0.717) is 29.6 Å². The van der Waals surface area contributed by atoms with Crippen LogP contribution in [0.2, 0.25) is 0 Å². The summed E-state index contributed by atoms with van der Waals surface area (Å²) in [6, 6.07) is 15.2. The van der Waals surface area contributed by atoms with Crippen molar-refractivity contribution in [3.05, 3.63) is 71.7 Å². The van der Waals surface area contributed by atoms with Gasteiger partial charge in [-0.3, -0.25) is 4.79 Å². The van der Waals surface area contributed by atoms with Gasteiger partial charge in [-0.15, -0.1) is 0 Å². The molecule has 0 aliphatic rings. The van der Waals surface area contributed by atoms with Gasteiger partial charge >= 0.3 is 0 Å². The summed E-state index contributed by atoms with van der Waals surface area (Å²) in [5, 5.41) is 13.5. The molecule has 0 radical (unpaired) electrons. The molecule has 1 unspecified atom stereocenters. The number of halogens is 1. The molecule has 3 aromatic rings. The highest BCUT2D eigenvalue weighted by atomic mass is 19.1. The summed E-state index contributed by atoms with van der Waals surface area (Å²) in [5.74, 6) is -0.615. The molecular formula is C18H17FN2O2. The van der Waals surface area contributed by atoms with E-state index in [9.17, 15) is 14.3 Å². The second-order valence-electron chi connectivity index (χ2n) is 5.39. The summed E-state index contributed by atoms with van der Waals surface area (Å²) in [7, 11) is 0. The minimum Gasteiger partial charge on any atom is -0.388 e. The Hall–Kier alpha value is -2.66. The Balaban J connectivity index is 1.58. The third kappa shape index (κ3) is 3.57. The van der Waals surface area contributed by atoms with Crippen LogP contribution in [-0.2, 0) is 0 Å². The Morgan fingerprint density at radius 2 is 1.96 bits per heavy atom. The van der Waals surface area contributed by atoms with E-state index in [1.54, 1.807) is 12.1 Å². The van der Waals surface area contributed by atoms with Gasteiger partial charge in [0.15, 0.2) is 0 Å². The molecule has 4 nitrogen and oxygen atoms in total. The van der Waals surface area contributed by atoms with Gasteiger partial charge in [0.2, 0.25) is 0 Å². The molecule has 0 aliphatic carbocycles. The highest BCUT2D eigenvalue weighted by Gasteiger charge is 2.11. The van der Waals surface area contributed by atoms with Crippen LogP contribution in [0, 0.1) is 5.82 Å². The molecule has 0 bridgehead atoms. The zero-order valence-electron chi connectivity index (χ0n) is 12.4. The lowest BCUT2D eigenvalue weighted by Gasteiger charge is -2.11. The molecule has 1 amide bonds. The predicted molar refractivity (Wildman–Crippen MR) is 86.6 cm³/mol. The molecule has 1 atom stereocenters. The van der Waals surface area contributed by atoms with Crippen LogP contribution >= 0.6 is 0 Å². The van der Waals surface area contributed by atoms with Crippen LogP contribution in [0.3, 0.4) is 0 Å². The molecule has 0 spiro atoms. The minimum atomic E-state index is -0.617. The average Bonchev–Trinajstić information content (AvgIpc) is 2.98. The molecular weight excluding hydrogens is 295 g/mol. The van der Waals surface area contributed by atoms with E-state index in [-0.39, 0.29) is 11.7 Å². The van der Waals surface area contributed by atoms with Crippen LogP contribution in [0.1, 0.15) is 28.6 Å². The first-order valence-electron chi connectivity index (χ1n) is 7.43. The molecule has 1 heterocycles. The van der Waals surface area contributed by atoms with Crippen molar-refractivity contribution in [3.8, 4) is 0 Å². The van der Waals surface area contributed by atoms with Crippen LogP contribution in [0.5, 0.6) is 0 Å². The van der Waals surface area contributed by atoms with Gasteiger partial charge in [-0.1, -0.05) is 30.3 Å². The quantitative estimate of drug-likeness (QED) is 0.677. The number of amides is 1. The van der Waals surface area contributed by atoms with Crippen molar-refractivity contribution in [1.29, 1.82) is 0 Å². The number of rotatable bonds is 5. The number of hydrogen-bond acceptors (Lipinski definition) is 2. The lowest BCUT2D eigenvalue weighted by Crippen LogP contribution is -2.25. The van der Waals surface area contributed by atoms with Crippen molar-refractivity contribution >= 4 is 16.8 Å².